The van der Waals surface area contributed by atoms with Crippen LogP contribution in [0.25, 0.3) is 10.4 Å². The number of carbonyl (C=O) groups is 3. The van der Waals surface area contributed by atoms with Crippen LogP contribution in [0, 0.1) is 12.8 Å². The van der Waals surface area contributed by atoms with Crippen molar-refractivity contribution in [3.05, 3.63) is 103 Å². The molecule has 0 radical (unpaired) electrons. The number of carbonyl (C=O) groups excluding carboxylic acids is 2. The summed E-state index contributed by atoms with van der Waals surface area (Å²) in [6, 6.07) is 12.7. The lowest BCUT2D eigenvalue weighted by molar-refractivity contribution is -0.166. The Hall–Kier alpha value is -5.52. The van der Waals surface area contributed by atoms with Crippen LogP contribution in [0.15, 0.2) is 69.4 Å². The van der Waals surface area contributed by atoms with Crippen molar-refractivity contribution in [2.75, 3.05) is 26.2 Å². The lowest BCUT2D eigenvalue weighted by Crippen LogP contribution is -2.75. The van der Waals surface area contributed by atoms with E-state index in [-0.39, 0.29) is 36.3 Å². The molecule has 2 aromatic carbocycles. The number of benzene rings is 2. The molecule has 3 aliphatic heterocycles. The van der Waals surface area contributed by atoms with Gasteiger partial charge in [-0.05, 0) is 92.4 Å². The zero-order valence-corrected chi connectivity index (χ0v) is 34.6. The number of ether oxygens (including phenoxy) is 2. The lowest BCUT2D eigenvalue weighted by atomic mass is 9.78. The van der Waals surface area contributed by atoms with Gasteiger partial charge in [0, 0.05) is 49.3 Å². The molecule has 2 amide bonds. The Labute approximate surface area is 353 Å². The number of aryl methyl sites for hydroxylation is 1. The van der Waals surface area contributed by atoms with Crippen molar-refractivity contribution in [3.8, 4) is 11.5 Å². The highest BCUT2D eigenvalue weighted by Crippen LogP contribution is 2.37. The number of piperazine rings is 1. The molecule has 18 heteroatoms. The van der Waals surface area contributed by atoms with Crippen LogP contribution in [0.2, 0.25) is 0 Å². The average molecular weight is 845 g/mol. The van der Waals surface area contributed by atoms with Gasteiger partial charge < -0.3 is 35.0 Å². The molecule has 1 aromatic heterocycles. The number of nitrogens with one attached hydrogen (secondary N) is 2. The molecular weight excluding hydrogens is 789 g/mol. The summed E-state index contributed by atoms with van der Waals surface area (Å²) in [7, 11) is 0. The first-order valence-corrected chi connectivity index (χ1v) is 21.1. The molecule has 3 saturated heterocycles. The molecular formula is C43H56N8O10. The van der Waals surface area contributed by atoms with Gasteiger partial charge in [-0.15, -0.1) is 0 Å². The number of hydrogen-bond donors (Lipinski definition) is 5. The number of carboxylic acid groups (broad SMARTS) is 1. The first kappa shape index (κ1) is 45.0. The second kappa shape index (κ2) is 20.4. The zero-order chi connectivity index (χ0) is 43.7. The molecule has 328 valence electrons. The van der Waals surface area contributed by atoms with Crippen molar-refractivity contribution in [2.24, 2.45) is 11.0 Å². The van der Waals surface area contributed by atoms with E-state index in [9.17, 15) is 29.1 Å². The highest BCUT2D eigenvalue weighted by molar-refractivity contribution is 6.00. The van der Waals surface area contributed by atoms with Gasteiger partial charge in [-0.25, -0.2) is 9.59 Å². The van der Waals surface area contributed by atoms with Crippen molar-refractivity contribution in [3.63, 3.8) is 0 Å². The van der Waals surface area contributed by atoms with E-state index in [1.165, 1.54) is 29.3 Å². The van der Waals surface area contributed by atoms with Crippen molar-refractivity contribution in [1.82, 2.24) is 24.7 Å². The summed E-state index contributed by atoms with van der Waals surface area (Å²) in [6.45, 7) is 5.98. The van der Waals surface area contributed by atoms with E-state index in [1.807, 2.05) is 29.2 Å². The van der Waals surface area contributed by atoms with E-state index in [0.717, 1.165) is 50.6 Å². The number of azide groups is 1. The molecule has 4 heterocycles. The minimum atomic E-state index is -0.975. The first-order chi connectivity index (χ1) is 29.4. The van der Waals surface area contributed by atoms with E-state index in [4.69, 9.17) is 25.2 Å². The second-order valence-corrected chi connectivity index (χ2v) is 16.4. The molecule has 61 heavy (non-hydrogen) atoms. The maximum absolute atomic E-state index is 13.8. The third kappa shape index (κ3) is 10.5. The van der Waals surface area contributed by atoms with Crippen molar-refractivity contribution in [2.45, 2.75) is 121 Å². The molecule has 1 spiro atoms. The molecule has 18 nitrogen and oxygen atoms in total. The van der Waals surface area contributed by atoms with E-state index < -0.39 is 53.3 Å². The Morgan fingerprint density at radius 3 is 2.30 bits per heavy atom. The highest BCUT2D eigenvalue weighted by Gasteiger charge is 2.55. The molecule has 7 rings (SSSR count). The van der Waals surface area contributed by atoms with Crippen LogP contribution < -0.4 is 21.3 Å². The third-order valence-corrected chi connectivity index (χ3v) is 12.4. The predicted octanol–water partition coefficient (Wildman–Crippen LogP) is 4.38. The summed E-state index contributed by atoms with van der Waals surface area (Å²) in [5, 5.41) is 35.9. The van der Waals surface area contributed by atoms with Gasteiger partial charge in [-0.3, -0.25) is 28.8 Å². The van der Waals surface area contributed by atoms with Gasteiger partial charge in [0.1, 0.15) is 29.3 Å². The molecule has 5 atom stereocenters. The first-order valence-electron chi connectivity index (χ1n) is 21.1. The fraction of sp³-hybridized carbons (Fsp3) is 0.558. The number of aliphatic hydroxyl groups is 2. The topological polar surface area (TPSA) is 252 Å². The average Bonchev–Trinajstić information content (AvgIpc) is 3.68. The quantitative estimate of drug-likeness (QED) is 0.0917. The van der Waals surface area contributed by atoms with Gasteiger partial charge in [0.15, 0.2) is 0 Å². The minimum Gasteiger partial charge on any atom is -0.478 e. The number of nitrogens with zero attached hydrogens (tertiary/aromatic N) is 6. The Kier molecular flexibility index (Phi) is 15.0. The highest BCUT2D eigenvalue weighted by atomic mass is 16.5. The summed E-state index contributed by atoms with van der Waals surface area (Å²) in [5.74, 6) is 0.0741. The number of likely N-dealkylation sites (tertiary alicyclic amines) is 1. The van der Waals surface area contributed by atoms with Crippen LogP contribution in [0.3, 0.4) is 0 Å². The summed E-state index contributed by atoms with van der Waals surface area (Å²) in [6.07, 6.45) is 7.48. The summed E-state index contributed by atoms with van der Waals surface area (Å²) in [4.78, 5) is 70.5. The molecule has 0 unspecified atom stereocenters. The van der Waals surface area contributed by atoms with E-state index in [0.29, 0.717) is 49.5 Å². The maximum Gasteiger partial charge on any atom is 0.335 e. The number of unbranched alkanes of at least 4 members (excludes halogenated alkanes) is 1. The Balaban J connectivity index is 0.000000273. The van der Waals surface area contributed by atoms with Crippen LogP contribution in [0.1, 0.15) is 98.8 Å². The SMILES string of the molecule is CCCCN1C(=O)[C@@H]([C@H](O)C2CCCCC2)NC(=O)C12CCN(Cc1ccc(Oc3ccc(C(=O)O)cc3)cc1)CC2.Cc1cn([C@H]2C[C@H](N=[N+]=[N-])[C@@H](CO)O2)c(=O)[nH]c1=O. The molecule has 4 fully saturated rings. The largest absolute Gasteiger partial charge is 0.478 e. The van der Waals surface area contributed by atoms with E-state index in [1.54, 1.807) is 19.1 Å². The Morgan fingerprint density at radius 1 is 1.03 bits per heavy atom. The number of aromatic carboxylic acids is 1. The minimum absolute atomic E-state index is 0.0613. The fourth-order valence-electron chi connectivity index (χ4n) is 8.80. The van der Waals surface area contributed by atoms with Gasteiger partial charge in [-0.2, -0.15) is 0 Å². The van der Waals surface area contributed by atoms with Crippen molar-refractivity contribution >= 4 is 17.8 Å². The number of aliphatic hydroxyl groups excluding tert-OH is 2. The standard InChI is InChI=1S/C33H43N3O6.C10H13N5O4/c1-2-3-19-36-30(38)28(29(37)24-7-5-4-6-8-24)34-32(41)33(36)17-20-35(21-18-33)22-23-9-13-26(14-10-23)42-27-15-11-25(12-16-27)31(39)40;1-5-3-15(10(18)12-9(5)17)8-2-6(13-14-11)7(4-16)19-8/h9-16,24,28-29,37H,2-8,17-22H2,1H3,(H,34,41)(H,39,40);3,6-8,16H,2,4H2,1H3,(H,12,17,18)/t28-,29-;6-,7+,8+/m10/s1. The van der Waals surface area contributed by atoms with Crippen LogP contribution >= 0.6 is 0 Å². The van der Waals surface area contributed by atoms with E-state index >= 15 is 0 Å². The van der Waals surface area contributed by atoms with Gasteiger partial charge in [0.05, 0.1) is 30.4 Å². The van der Waals surface area contributed by atoms with Gasteiger partial charge in [0.2, 0.25) is 11.8 Å². The maximum atomic E-state index is 13.8. The summed E-state index contributed by atoms with van der Waals surface area (Å²) < 4.78 is 12.5. The summed E-state index contributed by atoms with van der Waals surface area (Å²) >= 11 is 0. The van der Waals surface area contributed by atoms with Gasteiger partial charge >= 0.3 is 11.7 Å². The van der Waals surface area contributed by atoms with Crippen LogP contribution in [0.5, 0.6) is 11.5 Å². The third-order valence-electron chi connectivity index (χ3n) is 12.4. The molecule has 4 aliphatic rings. The Morgan fingerprint density at radius 2 is 1.69 bits per heavy atom. The number of rotatable bonds is 13. The molecule has 1 aliphatic carbocycles. The van der Waals surface area contributed by atoms with Crippen LogP contribution in [0.4, 0.5) is 0 Å². The lowest BCUT2D eigenvalue weighted by Gasteiger charge is -2.52. The number of hydrogen-bond acceptors (Lipinski definition) is 11. The number of aromatic nitrogens is 2. The van der Waals surface area contributed by atoms with Crippen LogP contribution in [-0.2, 0) is 20.9 Å². The zero-order valence-electron chi connectivity index (χ0n) is 34.6. The Bertz CT molecular complexity index is 2160. The molecule has 5 N–H and O–H groups in total. The fourth-order valence-corrected chi connectivity index (χ4v) is 8.80. The molecule has 1 saturated carbocycles. The van der Waals surface area contributed by atoms with E-state index in [2.05, 4.69) is 32.2 Å². The number of H-pyrrole nitrogens is 1. The molecule has 0 bridgehead atoms. The van der Waals surface area contributed by atoms with Gasteiger partial charge in [0.25, 0.3) is 5.56 Å². The van der Waals surface area contributed by atoms with Crippen molar-refractivity contribution in [1.29, 1.82) is 0 Å². The predicted molar refractivity (Wildman–Crippen MR) is 223 cm³/mol. The van der Waals surface area contributed by atoms with Crippen molar-refractivity contribution < 1.29 is 39.2 Å². The van der Waals surface area contributed by atoms with Gasteiger partial charge in [-0.1, -0.05) is 49.9 Å². The molecule has 3 aromatic rings. The number of amides is 2. The number of aromatic amines is 1. The summed E-state index contributed by atoms with van der Waals surface area (Å²) in [5.41, 5.74) is 8.22. The normalized spacial score (nSPS) is 23.4. The number of piperidine rings is 1. The van der Waals surface area contributed by atoms with Crippen LogP contribution in [-0.4, -0.2) is 109 Å². The number of carboxylic acids is 1. The second-order valence-electron chi connectivity index (χ2n) is 16.4. The smallest absolute Gasteiger partial charge is 0.335 e. The monoisotopic (exact) mass is 844 g/mol.